The Hall–Kier alpha value is -3.88. The maximum absolute atomic E-state index is 13.4. The Morgan fingerprint density at radius 1 is 1.03 bits per heavy atom. The van der Waals surface area contributed by atoms with Crippen LogP contribution < -0.4 is 5.32 Å². The van der Waals surface area contributed by atoms with Crippen molar-refractivity contribution >= 4 is 23.4 Å². The fourth-order valence-electron chi connectivity index (χ4n) is 4.57. The van der Waals surface area contributed by atoms with Crippen molar-refractivity contribution in [1.29, 1.82) is 5.26 Å². The van der Waals surface area contributed by atoms with Gasteiger partial charge in [-0.1, -0.05) is 54.6 Å². The van der Waals surface area contributed by atoms with Gasteiger partial charge in [0.25, 0.3) is 5.91 Å². The minimum Gasteiger partial charge on any atom is -0.341 e. The maximum Gasteiger partial charge on any atom is 0.252 e. The van der Waals surface area contributed by atoms with Crippen LogP contribution in [-0.2, 0) is 4.79 Å². The molecule has 4 rings (SSSR count). The molecule has 5 nitrogen and oxygen atoms in total. The molecule has 1 saturated heterocycles. The lowest BCUT2D eigenvalue weighted by Crippen LogP contribution is -2.51. The van der Waals surface area contributed by atoms with Crippen molar-refractivity contribution < 1.29 is 9.59 Å². The van der Waals surface area contributed by atoms with Crippen LogP contribution in [0.1, 0.15) is 47.2 Å². The second-order valence-corrected chi connectivity index (χ2v) is 9.61. The third kappa shape index (κ3) is 5.84. The van der Waals surface area contributed by atoms with E-state index >= 15 is 0 Å². The zero-order chi connectivity index (χ0) is 25.7. The molecule has 1 heterocycles. The van der Waals surface area contributed by atoms with Gasteiger partial charge < -0.3 is 10.2 Å². The summed E-state index contributed by atoms with van der Waals surface area (Å²) >= 11 is 6.01. The van der Waals surface area contributed by atoms with E-state index in [4.69, 9.17) is 11.6 Å². The topological polar surface area (TPSA) is 73.2 Å². The van der Waals surface area contributed by atoms with Gasteiger partial charge in [-0.15, -0.1) is 0 Å². The van der Waals surface area contributed by atoms with Crippen LogP contribution in [0.2, 0.25) is 5.02 Å². The smallest absolute Gasteiger partial charge is 0.252 e. The van der Waals surface area contributed by atoms with Crippen LogP contribution in [0.15, 0.2) is 84.9 Å². The summed E-state index contributed by atoms with van der Waals surface area (Å²) in [5, 5.41) is 12.8. The summed E-state index contributed by atoms with van der Waals surface area (Å²) in [4.78, 5) is 28.3. The van der Waals surface area contributed by atoms with Crippen LogP contribution in [0.5, 0.6) is 0 Å². The minimum absolute atomic E-state index is 0.136. The van der Waals surface area contributed by atoms with Crippen molar-refractivity contribution in [2.75, 3.05) is 13.1 Å². The predicted molar refractivity (Wildman–Crippen MR) is 143 cm³/mol. The molecule has 1 aliphatic rings. The van der Waals surface area contributed by atoms with Crippen molar-refractivity contribution in [3.8, 4) is 17.2 Å². The van der Waals surface area contributed by atoms with E-state index in [1.165, 1.54) is 5.56 Å². The molecule has 1 N–H and O–H groups in total. The van der Waals surface area contributed by atoms with E-state index in [0.717, 1.165) is 24.0 Å². The van der Waals surface area contributed by atoms with Crippen LogP contribution in [0.25, 0.3) is 11.1 Å². The fourth-order valence-corrected chi connectivity index (χ4v) is 4.70. The van der Waals surface area contributed by atoms with Crippen molar-refractivity contribution in [2.24, 2.45) is 0 Å². The molecule has 0 unspecified atom stereocenters. The molecule has 1 atom stereocenters. The fraction of sp³-hybridized carbons (Fsp3) is 0.233. The molecular formula is C30H28ClN3O2. The summed E-state index contributed by atoms with van der Waals surface area (Å²) in [5.41, 5.74) is 4.48. The van der Waals surface area contributed by atoms with Crippen LogP contribution in [0.3, 0.4) is 0 Å². The highest BCUT2D eigenvalue weighted by molar-refractivity contribution is 6.30. The van der Waals surface area contributed by atoms with Gasteiger partial charge in [-0.3, -0.25) is 9.59 Å². The first kappa shape index (κ1) is 25.2. The van der Waals surface area contributed by atoms with Gasteiger partial charge in [0, 0.05) is 23.7 Å². The standard InChI is InChI=1S/C30H28ClN3O2/c1-20(2)28(30(36)34-15-13-23(14-16-34)22-9-11-27(31)12-10-22)33-29(35)26-8-4-7-25(18-26)24-6-3-5-21(17-24)19-32/h3-12,17-18,23,28H,1,13-16H2,2H3,(H,33,35)/t28-/m1/s1. The highest BCUT2D eigenvalue weighted by Crippen LogP contribution is 2.29. The molecule has 6 heteroatoms. The number of hydrogen-bond donors (Lipinski definition) is 1. The van der Waals surface area contributed by atoms with Crippen LogP contribution in [0.4, 0.5) is 0 Å². The molecule has 0 radical (unpaired) electrons. The highest BCUT2D eigenvalue weighted by atomic mass is 35.5. The number of hydrogen-bond acceptors (Lipinski definition) is 3. The van der Waals surface area contributed by atoms with Crippen molar-refractivity contribution in [3.63, 3.8) is 0 Å². The van der Waals surface area contributed by atoms with Crippen LogP contribution >= 0.6 is 11.6 Å². The molecule has 0 saturated carbocycles. The Balaban J connectivity index is 1.43. The second-order valence-electron chi connectivity index (χ2n) is 9.18. The molecule has 0 bridgehead atoms. The number of rotatable bonds is 6. The monoisotopic (exact) mass is 497 g/mol. The third-order valence-corrected chi connectivity index (χ3v) is 6.86. The van der Waals surface area contributed by atoms with Gasteiger partial charge in [-0.25, -0.2) is 0 Å². The molecule has 0 aliphatic carbocycles. The van der Waals surface area contributed by atoms with E-state index in [2.05, 4.69) is 18.0 Å². The molecule has 36 heavy (non-hydrogen) atoms. The molecule has 1 fully saturated rings. The summed E-state index contributed by atoms with van der Waals surface area (Å²) in [7, 11) is 0. The van der Waals surface area contributed by atoms with Crippen LogP contribution in [-0.4, -0.2) is 35.8 Å². The number of nitrogens with zero attached hydrogens (tertiary/aromatic N) is 2. The van der Waals surface area contributed by atoms with E-state index in [9.17, 15) is 14.9 Å². The maximum atomic E-state index is 13.4. The third-order valence-electron chi connectivity index (χ3n) is 6.61. The molecule has 3 aromatic carbocycles. The average Bonchev–Trinajstić information content (AvgIpc) is 2.91. The van der Waals surface area contributed by atoms with Gasteiger partial charge in [-0.05, 0) is 84.3 Å². The van der Waals surface area contributed by atoms with Gasteiger partial charge in [-0.2, -0.15) is 5.26 Å². The molecular weight excluding hydrogens is 470 g/mol. The molecule has 1 aliphatic heterocycles. The van der Waals surface area contributed by atoms with E-state index in [1.54, 1.807) is 37.3 Å². The largest absolute Gasteiger partial charge is 0.341 e. The Kier molecular flexibility index (Phi) is 7.87. The normalized spacial score (nSPS) is 14.5. The number of piperidine rings is 1. The van der Waals surface area contributed by atoms with Crippen LogP contribution in [0, 0.1) is 11.3 Å². The molecule has 2 amide bonds. The van der Waals surface area contributed by atoms with E-state index in [1.807, 2.05) is 47.4 Å². The minimum atomic E-state index is -0.796. The Labute approximate surface area is 217 Å². The zero-order valence-electron chi connectivity index (χ0n) is 20.2. The summed E-state index contributed by atoms with van der Waals surface area (Å²) in [6.45, 7) is 6.97. The van der Waals surface area contributed by atoms with Gasteiger partial charge in [0.05, 0.1) is 11.6 Å². The van der Waals surface area contributed by atoms with Crippen molar-refractivity contribution in [3.05, 3.63) is 107 Å². The number of benzene rings is 3. The first-order valence-corrected chi connectivity index (χ1v) is 12.3. The Morgan fingerprint density at radius 3 is 2.31 bits per heavy atom. The summed E-state index contributed by atoms with van der Waals surface area (Å²) < 4.78 is 0. The van der Waals surface area contributed by atoms with Crippen molar-refractivity contribution in [2.45, 2.75) is 31.7 Å². The van der Waals surface area contributed by atoms with Gasteiger partial charge >= 0.3 is 0 Å². The first-order valence-electron chi connectivity index (χ1n) is 12.0. The van der Waals surface area contributed by atoms with Crippen molar-refractivity contribution in [1.82, 2.24) is 10.2 Å². The Bertz CT molecular complexity index is 1320. The van der Waals surface area contributed by atoms with Gasteiger partial charge in [0.2, 0.25) is 5.91 Å². The SMILES string of the molecule is C=C(C)[C@@H](NC(=O)c1cccc(-c2cccc(C#N)c2)c1)C(=O)N1CCC(c2ccc(Cl)cc2)CC1. The summed E-state index contributed by atoms with van der Waals surface area (Å²) in [6, 6.07) is 23.6. The number of nitrogens with one attached hydrogen (secondary N) is 1. The lowest BCUT2D eigenvalue weighted by Gasteiger charge is -2.34. The number of likely N-dealkylation sites (tertiary alicyclic amines) is 1. The van der Waals surface area contributed by atoms with Gasteiger partial charge in [0.1, 0.15) is 6.04 Å². The number of carbonyl (C=O) groups excluding carboxylic acids is 2. The second kappa shape index (κ2) is 11.2. The van der Waals surface area contributed by atoms with E-state index in [0.29, 0.717) is 40.7 Å². The quantitative estimate of drug-likeness (QED) is 0.427. The predicted octanol–water partition coefficient (Wildman–Crippen LogP) is 5.96. The number of amides is 2. The number of nitriles is 1. The summed E-state index contributed by atoms with van der Waals surface area (Å²) in [5.74, 6) is -0.0968. The molecule has 3 aromatic rings. The molecule has 182 valence electrons. The highest BCUT2D eigenvalue weighted by Gasteiger charge is 2.30. The summed E-state index contributed by atoms with van der Waals surface area (Å²) in [6.07, 6.45) is 1.71. The number of carbonyl (C=O) groups is 2. The van der Waals surface area contributed by atoms with E-state index in [-0.39, 0.29) is 11.8 Å². The lowest BCUT2D eigenvalue weighted by molar-refractivity contribution is -0.133. The lowest BCUT2D eigenvalue weighted by atomic mass is 9.89. The number of halogens is 1. The Morgan fingerprint density at radius 2 is 1.67 bits per heavy atom. The first-order chi connectivity index (χ1) is 17.4. The van der Waals surface area contributed by atoms with Gasteiger partial charge in [0.15, 0.2) is 0 Å². The molecule has 0 spiro atoms. The zero-order valence-corrected chi connectivity index (χ0v) is 21.0. The molecule has 0 aromatic heterocycles. The average molecular weight is 498 g/mol. The van der Waals surface area contributed by atoms with E-state index < -0.39 is 6.04 Å².